The average molecular weight is 485 g/mol. The summed E-state index contributed by atoms with van der Waals surface area (Å²) in [5.74, 6) is -0.344. The van der Waals surface area contributed by atoms with Gasteiger partial charge in [-0.05, 0) is 86.7 Å². The van der Waals surface area contributed by atoms with E-state index in [-0.39, 0.29) is 0 Å². The summed E-state index contributed by atoms with van der Waals surface area (Å²) < 4.78 is 0. The Hall–Kier alpha value is -1.92. The van der Waals surface area contributed by atoms with Crippen LogP contribution in [0.2, 0.25) is 5.02 Å². The van der Waals surface area contributed by atoms with Crippen molar-refractivity contribution in [3.8, 4) is 0 Å². The Bertz CT molecular complexity index is 959. The van der Waals surface area contributed by atoms with Gasteiger partial charge in [0.25, 0.3) is 0 Å². The second-order valence-electron chi connectivity index (χ2n) is 10.3. The summed E-state index contributed by atoms with van der Waals surface area (Å²) >= 11 is 6.08. The van der Waals surface area contributed by atoms with E-state index < -0.39 is 17.6 Å². The van der Waals surface area contributed by atoms with Crippen molar-refractivity contribution in [3.63, 3.8) is 0 Å². The van der Waals surface area contributed by atoms with Crippen molar-refractivity contribution >= 4 is 17.6 Å². The third-order valence-corrected chi connectivity index (χ3v) is 7.93. The molecule has 6 heteroatoms. The fourth-order valence-corrected chi connectivity index (χ4v) is 5.94. The Morgan fingerprint density at radius 1 is 1.15 bits per heavy atom. The molecule has 0 aliphatic carbocycles. The Balaban J connectivity index is 1.25. The van der Waals surface area contributed by atoms with Crippen molar-refractivity contribution in [1.29, 1.82) is 0 Å². The van der Waals surface area contributed by atoms with Gasteiger partial charge in [0.2, 0.25) is 0 Å². The van der Waals surface area contributed by atoms with E-state index in [0.717, 1.165) is 82.4 Å². The van der Waals surface area contributed by atoms with Crippen LogP contribution in [0.15, 0.2) is 48.5 Å². The number of hydrogen-bond acceptors (Lipinski definition) is 4. The highest BCUT2D eigenvalue weighted by atomic mass is 35.5. The van der Waals surface area contributed by atoms with E-state index in [4.69, 9.17) is 11.6 Å². The van der Waals surface area contributed by atoms with Gasteiger partial charge >= 0.3 is 5.97 Å². The molecule has 34 heavy (non-hydrogen) atoms. The number of likely N-dealkylation sites (tertiary alicyclic amines) is 2. The molecular formula is C28H37ClN2O3. The van der Waals surface area contributed by atoms with Crippen LogP contribution in [0.4, 0.5) is 0 Å². The highest BCUT2D eigenvalue weighted by molar-refractivity contribution is 6.30. The lowest BCUT2D eigenvalue weighted by Gasteiger charge is -2.39. The molecule has 2 aromatic rings. The summed E-state index contributed by atoms with van der Waals surface area (Å²) in [6, 6.07) is 15.3. The van der Waals surface area contributed by atoms with E-state index in [9.17, 15) is 15.0 Å². The third kappa shape index (κ3) is 6.39. The van der Waals surface area contributed by atoms with Gasteiger partial charge in [0.1, 0.15) is 6.04 Å². The lowest BCUT2D eigenvalue weighted by Crippen LogP contribution is -2.46. The lowest BCUT2D eigenvalue weighted by atomic mass is 9.85. The number of rotatable bonds is 9. The van der Waals surface area contributed by atoms with Crippen molar-refractivity contribution in [2.24, 2.45) is 5.92 Å². The molecule has 0 radical (unpaired) electrons. The fraction of sp³-hybridized carbons (Fsp3) is 0.536. The number of halogens is 1. The number of aliphatic hydroxyl groups is 1. The van der Waals surface area contributed by atoms with E-state index in [1.165, 1.54) is 5.56 Å². The lowest BCUT2D eigenvalue weighted by molar-refractivity contribution is -0.143. The maximum atomic E-state index is 12.2. The van der Waals surface area contributed by atoms with Crippen LogP contribution in [0.1, 0.15) is 54.8 Å². The normalized spacial score (nSPS) is 22.0. The molecule has 2 aliphatic rings. The molecule has 2 aromatic carbocycles. The number of aryl methyl sites for hydroxylation is 2. The van der Waals surface area contributed by atoms with Gasteiger partial charge in [-0.15, -0.1) is 0 Å². The largest absolute Gasteiger partial charge is 0.480 e. The second kappa shape index (κ2) is 11.2. The van der Waals surface area contributed by atoms with Crippen LogP contribution in [-0.4, -0.2) is 64.3 Å². The minimum atomic E-state index is -0.801. The number of carboxylic acid groups (broad SMARTS) is 1. The van der Waals surface area contributed by atoms with Gasteiger partial charge in [-0.3, -0.25) is 9.69 Å². The first-order valence-electron chi connectivity index (χ1n) is 12.5. The maximum absolute atomic E-state index is 12.2. The zero-order chi connectivity index (χ0) is 24.1. The van der Waals surface area contributed by atoms with Gasteiger partial charge in [0.05, 0.1) is 5.60 Å². The number of carbonyl (C=O) groups is 1. The second-order valence-corrected chi connectivity index (χ2v) is 10.7. The van der Waals surface area contributed by atoms with Crippen molar-refractivity contribution in [3.05, 3.63) is 70.2 Å². The number of carboxylic acids is 1. The van der Waals surface area contributed by atoms with E-state index >= 15 is 0 Å². The van der Waals surface area contributed by atoms with E-state index in [1.54, 1.807) is 6.07 Å². The highest BCUT2D eigenvalue weighted by Crippen LogP contribution is 2.33. The summed E-state index contributed by atoms with van der Waals surface area (Å²) in [5, 5.41) is 21.7. The van der Waals surface area contributed by atoms with E-state index in [2.05, 4.69) is 34.1 Å². The molecule has 2 saturated heterocycles. The Morgan fingerprint density at radius 3 is 2.56 bits per heavy atom. The summed E-state index contributed by atoms with van der Waals surface area (Å²) in [6.45, 7) is 6.31. The van der Waals surface area contributed by atoms with Crippen LogP contribution in [0, 0.1) is 12.8 Å². The molecule has 2 N–H and O–H groups in total. The van der Waals surface area contributed by atoms with Gasteiger partial charge in [-0.1, -0.05) is 48.0 Å². The molecular weight excluding hydrogens is 448 g/mol. The molecule has 0 spiro atoms. The number of hydrogen-bond donors (Lipinski definition) is 2. The molecule has 0 aromatic heterocycles. The molecule has 2 fully saturated rings. The number of nitrogens with zero attached hydrogens (tertiary/aromatic N) is 2. The molecule has 4 rings (SSSR count). The summed E-state index contributed by atoms with van der Waals surface area (Å²) in [7, 11) is 0. The smallest absolute Gasteiger partial charge is 0.325 e. The molecule has 0 bridgehead atoms. The SMILES string of the molecule is Cc1cc(Cl)ccc1C(C(=O)O)N1CCC(CN2CCC(O)(CCCc3ccccc3)CC2)C1. The molecule has 184 valence electrons. The maximum Gasteiger partial charge on any atom is 0.325 e. The summed E-state index contributed by atoms with van der Waals surface area (Å²) in [4.78, 5) is 16.7. The average Bonchev–Trinajstić information content (AvgIpc) is 3.25. The van der Waals surface area contributed by atoms with Crippen LogP contribution in [-0.2, 0) is 11.2 Å². The minimum Gasteiger partial charge on any atom is -0.480 e. The molecule has 0 amide bonds. The Morgan fingerprint density at radius 2 is 1.88 bits per heavy atom. The zero-order valence-corrected chi connectivity index (χ0v) is 20.9. The van der Waals surface area contributed by atoms with Crippen LogP contribution in [0.3, 0.4) is 0 Å². The zero-order valence-electron chi connectivity index (χ0n) is 20.1. The quantitative estimate of drug-likeness (QED) is 0.527. The minimum absolute atomic E-state index is 0.457. The predicted molar refractivity (Wildman–Crippen MR) is 136 cm³/mol. The molecule has 2 heterocycles. The first-order chi connectivity index (χ1) is 16.3. The van der Waals surface area contributed by atoms with Crippen molar-refractivity contribution in [1.82, 2.24) is 9.80 Å². The molecule has 5 nitrogen and oxygen atoms in total. The topological polar surface area (TPSA) is 64.0 Å². The highest BCUT2D eigenvalue weighted by Gasteiger charge is 2.37. The molecule has 2 unspecified atom stereocenters. The van der Waals surface area contributed by atoms with Gasteiger partial charge in [-0.2, -0.15) is 0 Å². The predicted octanol–water partition coefficient (Wildman–Crippen LogP) is 4.95. The first kappa shape index (κ1) is 25.2. The fourth-order valence-electron chi connectivity index (χ4n) is 5.71. The molecule has 2 atom stereocenters. The van der Waals surface area contributed by atoms with Crippen LogP contribution >= 0.6 is 11.6 Å². The molecule has 0 saturated carbocycles. The molecule has 2 aliphatic heterocycles. The van der Waals surface area contributed by atoms with Crippen LogP contribution < -0.4 is 0 Å². The third-order valence-electron chi connectivity index (χ3n) is 7.70. The summed E-state index contributed by atoms with van der Waals surface area (Å²) in [6.07, 6.45) is 5.53. The monoisotopic (exact) mass is 484 g/mol. The van der Waals surface area contributed by atoms with Gasteiger partial charge in [0, 0.05) is 31.2 Å². The van der Waals surface area contributed by atoms with E-state index in [0.29, 0.717) is 10.9 Å². The number of aliphatic carboxylic acids is 1. The Kier molecular flexibility index (Phi) is 8.30. The van der Waals surface area contributed by atoms with Gasteiger partial charge < -0.3 is 15.1 Å². The standard InChI is InChI=1S/C28H37ClN2O3/c1-21-18-24(29)9-10-25(21)26(27(32)33)31-15-11-23(20-31)19-30-16-13-28(34,14-17-30)12-5-8-22-6-3-2-4-7-22/h2-4,6-7,9-10,18,23,26,34H,5,8,11-17,19-20H2,1H3,(H,32,33). The number of piperidine rings is 1. The van der Waals surface area contributed by atoms with Crippen molar-refractivity contribution in [2.75, 3.05) is 32.7 Å². The van der Waals surface area contributed by atoms with Gasteiger partial charge in [0.15, 0.2) is 0 Å². The number of benzene rings is 2. The van der Waals surface area contributed by atoms with Crippen molar-refractivity contribution < 1.29 is 15.0 Å². The van der Waals surface area contributed by atoms with Crippen LogP contribution in [0.25, 0.3) is 0 Å². The Labute approximate surface area is 208 Å². The van der Waals surface area contributed by atoms with Crippen LogP contribution in [0.5, 0.6) is 0 Å². The van der Waals surface area contributed by atoms with Gasteiger partial charge in [-0.25, -0.2) is 0 Å². The summed E-state index contributed by atoms with van der Waals surface area (Å²) in [5.41, 5.74) is 2.54. The first-order valence-corrected chi connectivity index (χ1v) is 12.9. The van der Waals surface area contributed by atoms with Crippen molar-refractivity contribution in [2.45, 2.75) is 57.1 Å². The van der Waals surface area contributed by atoms with E-state index in [1.807, 2.05) is 25.1 Å².